The molecule has 2 heterocycles. The number of benzene rings is 3. The number of fused-ring (bicyclic) bond motifs is 2. The number of carbonyl (C=O) groups is 3. The first-order chi connectivity index (χ1) is 15.5. The second kappa shape index (κ2) is 8.18. The lowest BCUT2D eigenvalue weighted by molar-refractivity contribution is -0.113. The average Bonchev–Trinajstić information content (AvgIpc) is 3.32. The lowest BCUT2D eigenvalue weighted by atomic mass is 10.1. The molecule has 0 aliphatic carbocycles. The topological polar surface area (TPSA) is 79.4 Å². The standard InChI is InChI=1S/C23H14FN3O3S2/c24-16-7-3-4-8-17(16)25-20(28)12-31-23-26-18-10-9-13(11-19(18)32-23)27-21(29)14-5-1-2-6-15(14)22(27)30/h1-11H,12H2,(H,25,28). The maximum absolute atomic E-state index is 13.7. The van der Waals surface area contributed by atoms with E-state index >= 15 is 0 Å². The van der Waals surface area contributed by atoms with Crippen molar-refractivity contribution in [1.29, 1.82) is 0 Å². The number of aromatic nitrogens is 1. The van der Waals surface area contributed by atoms with E-state index < -0.39 is 5.82 Å². The summed E-state index contributed by atoms with van der Waals surface area (Å²) in [4.78, 5) is 43.3. The van der Waals surface area contributed by atoms with Crippen LogP contribution >= 0.6 is 23.1 Å². The monoisotopic (exact) mass is 463 g/mol. The fourth-order valence-corrected chi connectivity index (χ4v) is 5.29. The summed E-state index contributed by atoms with van der Waals surface area (Å²) in [5.41, 5.74) is 2.08. The van der Waals surface area contributed by atoms with Crippen molar-refractivity contribution in [3.63, 3.8) is 0 Å². The minimum Gasteiger partial charge on any atom is -0.323 e. The molecule has 32 heavy (non-hydrogen) atoms. The molecule has 3 aromatic carbocycles. The Balaban J connectivity index is 1.32. The predicted octanol–water partition coefficient (Wildman–Crippen LogP) is 4.97. The zero-order valence-corrected chi connectivity index (χ0v) is 18.0. The van der Waals surface area contributed by atoms with Crippen LogP contribution in [-0.2, 0) is 4.79 Å². The van der Waals surface area contributed by atoms with Gasteiger partial charge in [0.15, 0.2) is 4.34 Å². The van der Waals surface area contributed by atoms with Gasteiger partial charge in [-0.05, 0) is 42.5 Å². The quantitative estimate of drug-likeness (QED) is 0.334. The van der Waals surface area contributed by atoms with Crippen molar-refractivity contribution in [3.05, 3.63) is 83.7 Å². The van der Waals surface area contributed by atoms with Crippen LogP contribution in [0.2, 0.25) is 0 Å². The molecule has 0 atom stereocenters. The number of para-hydroxylation sites is 1. The van der Waals surface area contributed by atoms with E-state index in [1.54, 1.807) is 54.6 Å². The maximum atomic E-state index is 13.7. The van der Waals surface area contributed by atoms with E-state index in [4.69, 9.17) is 0 Å². The van der Waals surface area contributed by atoms with E-state index in [-0.39, 0.29) is 29.2 Å². The molecule has 0 unspecified atom stereocenters. The molecule has 9 heteroatoms. The number of amides is 3. The second-order valence-corrected chi connectivity index (χ2v) is 9.19. The molecule has 0 bridgehead atoms. The lowest BCUT2D eigenvalue weighted by Crippen LogP contribution is -2.29. The number of rotatable bonds is 5. The van der Waals surface area contributed by atoms with Crippen LogP contribution in [0.5, 0.6) is 0 Å². The summed E-state index contributed by atoms with van der Waals surface area (Å²) in [5.74, 6) is -1.47. The van der Waals surface area contributed by atoms with E-state index in [0.717, 1.165) is 4.70 Å². The van der Waals surface area contributed by atoms with Crippen LogP contribution in [0.25, 0.3) is 10.2 Å². The van der Waals surface area contributed by atoms with Crippen molar-refractivity contribution in [2.45, 2.75) is 4.34 Å². The van der Waals surface area contributed by atoms with Gasteiger partial charge in [-0.3, -0.25) is 14.4 Å². The highest BCUT2D eigenvalue weighted by atomic mass is 32.2. The largest absolute Gasteiger partial charge is 0.323 e. The Morgan fingerprint density at radius 1 is 1.00 bits per heavy atom. The van der Waals surface area contributed by atoms with Crippen molar-refractivity contribution in [3.8, 4) is 0 Å². The molecule has 0 spiro atoms. The minimum atomic E-state index is -0.494. The molecule has 0 radical (unpaired) electrons. The van der Waals surface area contributed by atoms with Gasteiger partial charge >= 0.3 is 0 Å². The fraction of sp³-hybridized carbons (Fsp3) is 0.0435. The SMILES string of the molecule is O=C(CSc1nc2ccc(N3C(=O)c4ccccc4C3=O)cc2s1)Nc1ccccc1F. The molecule has 1 aromatic heterocycles. The normalized spacial score (nSPS) is 13.0. The van der Waals surface area contributed by atoms with E-state index in [1.165, 1.54) is 40.1 Å². The number of anilines is 2. The number of imide groups is 1. The van der Waals surface area contributed by atoms with Crippen molar-refractivity contribution in [2.24, 2.45) is 0 Å². The van der Waals surface area contributed by atoms with Gasteiger partial charge < -0.3 is 5.32 Å². The maximum Gasteiger partial charge on any atom is 0.266 e. The van der Waals surface area contributed by atoms with Gasteiger partial charge in [0.1, 0.15) is 5.82 Å². The summed E-state index contributed by atoms with van der Waals surface area (Å²) in [6.45, 7) is 0. The third kappa shape index (κ3) is 3.65. The van der Waals surface area contributed by atoms with E-state index in [1.807, 2.05) is 0 Å². The Hall–Kier alpha value is -3.56. The van der Waals surface area contributed by atoms with E-state index in [0.29, 0.717) is 26.7 Å². The second-order valence-electron chi connectivity index (χ2n) is 6.94. The first kappa shape index (κ1) is 20.3. The average molecular weight is 464 g/mol. The number of nitrogens with one attached hydrogen (secondary N) is 1. The van der Waals surface area contributed by atoms with E-state index in [2.05, 4.69) is 10.3 Å². The van der Waals surface area contributed by atoms with Gasteiger partial charge in [0.05, 0.1) is 38.5 Å². The number of thiazole rings is 1. The number of hydrogen-bond acceptors (Lipinski definition) is 6. The van der Waals surface area contributed by atoms with Crippen LogP contribution in [0, 0.1) is 5.82 Å². The Morgan fingerprint density at radius 3 is 2.41 bits per heavy atom. The molecule has 4 aromatic rings. The molecule has 5 rings (SSSR count). The van der Waals surface area contributed by atoms with Crippen LogP contribution in [0.3, 0.4) is 0 Å². The van der Waals surface area contributed by atoms with Crippen LogP contribution in [-0.4, -0.2) is 28.5 Å². The van der Waals surface area contributed by atoms with Crippen LogP contribution < -0.4 is 10.2 Å². The Labute approximate surface area is 190 Å². The van der Waals surface area contributed by atoms with Crippen molar-refractivity contribution in [1.82, 2.24) is 4.98 Å². The number of carbonyl (C=O) groups excluding carboxylic acids is 3. The van der Waals surface area contributed by atoms with Crippen molar-refractivity contribution < 1.29 is 18.8 Å². The molecule has 3 amide bonds. The summed E-state index contributed by atoms with van der Waals surface area (Å²) in [5, 5.41) is 2.54. The van der Waals surface area contributed by atoms with E-state index in [9.17, 15) is 18.8 Å². The Kier molecular flexibility index (Phi) is 5.20. The molecule has 1 aliphatic rings. The van der Waals surface area contributed by atoms with Gasteiger partial charge in [0.2, 0.25) is 5.91 Å². The van der Waals surface area contributed by atoms with Gasteiger partial charge in [-0.15, -0.1) is 11.3 Å². The smallest absolute Gasteiger partial charge is 0.266 e. The molecule has 0 fully saturated rings. The molecular weight excluding hydrogens is 449 g/mol. The molecule has 1 aliphatic heterocycles. The minimum absolute atomic E-state index is 0.0689. The van der Waals surface area contributed by atoms with Gasteiger partial charge in [-0.2, -0.15) is 0 Å². The Bertz CT molecular complexity index is 1370. The number of thioether (sulfide) groups is 1. The van der Waals surface area contributed by atoms with Gasteiger partial charge in [-0.25, -0.2) is 14.3 Å². The zero-order valence-electron chi connectivity index (χ0n) is 16.4. The fourth-order valence-electron chi connectivity index (χ4n) is 3.39. The highest BCUT2D eigenvalue weighted by molar-refractivity contribution is 8.01. The third-order valence-corrected chi connectivity index (χ3v) is 7.04. The van der Waals surface area contributed by atoms with Crippen LogP contribution in [0.1, 0.15) is 20.7 Å². The van der Waals surface area contributed by atoms with Crippen molar-refractivity contribution >= 4 is 62.4 Å². The predicted molar refractivity (Wildman–Crippen MR) is 123 cm³/mol. The van der Waals surface area contributed by atoms with Gasteiger partial charge in [0, 0.05) is 0 Å². The van der Waals surface area contributed by atoms with Crippen molar-refractivity contribution in [2.75, 3.05) is 16.0 Å². The lowest BCUT2D eigenvalue weighted by Gasteiger charge is -2.13. The molecular formula is C23H14FN3O3S2. The van der Waals surface area contributed by atoms with Crippen LogP contribution in [0.15, 0.2) is 71.1 Å². The molecule has 1 N–H and O–H groups in total. The Morgan fingerprint density at radius 2 is 1.69 bits per heavy atom. The van der Waals surface area contributed by atoms with Gasteiger partial charge in [0.25, 0.3) is 11.8 Å². The molecule has 6 nitrogen and oxygen atoms in total. The summed E-state index contributed by atoms with van der Waals surface area (Å²) in [7, 11) is 0. The number of halogens is 1. The molecule has 0 saturated carbocycles. The van der Waals surface area contributed by atoms with Crippen LogP contribution in [0.4, 0.5) is 15.8 Å². The first-order valence-corrected chi connectivity index (χ1v) is 11.4. The molecule has 158 valence electrons. The third-order valence-electron chi connectivity index (χ3n) is 4.88. The first-order valence-electron chi connectivity index (χ1n) is 9.57. The zero-order chi connectivity index (χ0) is 22.2. The van der Waals surface area contributed by atoms with Gasteiger partial charge in [-0.1, -0.05) is 36.0 Å². The summed E-state index contributed by atoms with van der Waals surface area (Å²) < 4.78 is 15.1. The number of hydrogen-bond donors (Lipinski definition) is 1. The summed E-state index contributed by atoms with van der Waals surface area (Å²) >= 11 is 2.59. The number of nitrogens with zero attached hydrogens (tertiary/aromatic N) is 2. The summed E-state index contributed by atoms with van der Waals surface area (Å²) in [6, 6.07) is 17.9. The molecule has 0 saturated heterocycles. The highest BCUT2D eigenvalue weighted by Gasteiger charge is 2.36. The summed E-state index contributed by atoms with van der Waals surface area (Å²) in [6.07, 6.45) is 0. The highest BCUT2D eigenvalue weighted by Crippen LogP contribution is 2.35.